The van der Waals surface area contributed by atoms with E-state index < -0.39 is 0 Å². The molecule has 0 spiro atoms. The maximum atomic E-state index is 5.19. The lowest BCUT2D eigenvalue weighted by molar-refractivity contribution is 0.415. The van der Waals surface area contributed by atoms with Crippen LogP contribution in [0.5, 0.6) is 5.75 Å². The van der Waals surface area contributed by atoms with Gasteiger partial charge in [0.1, 0.15) is 5.75 Å². The molecular formula is C17H19NO. The molecule has 0 aliphatic heterocycles. The van der Waals surface area contributed by atoms with E-state index in [1.807, 2.05) is 12.1 Å². The Labute approximate surface area is 114 Å². The van der Waals surface area contributed by atoms with Crippen molar-refractivity contribution in [1.29, 1.82) is 0 Å². The summed E-state index contributed by atoms with van der Waals surface area (Å²) in [6, 6.07) is 17.3. The Balaban J connectivity index is 1.80. The molecule has 0 saturated heterocycles. The number of rotatable bonds is 3. The fourth-order valence-corrected chi connectivity index (χ4v) is 2.79. The number of aryl methyl sites for hydroxylation is 1. The molecule has 1 aliphatic rings. The minimum absolute atomic E-state index is 0.429. The molecule has 0 heterocycles. The minimum atomic E-state index is 0.429. The average molecular weight is 253 g/mol. The predicted octanol–water partition coefficient (Wildman–Crippen LogP) is 4.18. The zero-order valence-electron chi connectivity index (χ0n) is 11.2. The summed E-state index contributed by atoms with van der Waals surface area (Å²) in [5, 5.41) is 3.63. The van der Waals surface area contributed by atoms with Crippen molar-refractivity contribution in [2.75, 3.05) is 12.4 Å². The van der Waals surface area contributed by atoms with Crippen LogP contribution >= 0.6 is 0 Å². The van der Waals surface area contributed by atoms with Crippen molar-refractivity contribution in [2.45, 2.75) is 25.3 Å². The first-order chi connectivity index (χ1) is 9.36. The number of nitrogens with one attached hydrogen (secondary N) is 1. The lowest BCUT2D eigenvalue weighted by Gasteiger charge is -2.27. The second kappa shape index (κ2) is 5.35. The third-order valence-electron chi connectivity index (χ3n) is 3.80. The number of hydrogen-bond acceptors (Lipinski definition) is 2. The Morgan fingerprint density at radius 3 is 2.63 bits per heavy atom. The van der Waals surface area contributed by atoms with Gasteiger partial charge in [-0.15, -0.1) is 0 Å². The largest absolute Gasteiger partial charge is 0.497 e. The maximum absolute atomic E-state index is 5.19. The fraction of sp³-hybridized carbons (Fsp3) is 0.294. The van der Waals surface area contributed by atoms with Crippen molar-refractivity contribution in [3.05, 3.63) is 59.7 Å². The quantitative estimate of drug-likeness (QED) is 0.885. The smallest absolute Gasteiger partial charge is 0.119 e. The van der Waals surface area contributed by atoms with Crippen LogP contribution in [0, 0.1) is 0 Å². The number of methoxy groups -OCH3 is 1. The van der Waals surface area contributed by atoms with E-state index in [1.54, 1.807) is 7.11 Å². The fourth-order valence-electron chi connectivity index (χ4n) is 2.79. The van der Waals surface area contributed by atoms with Crippen molar-refractivity contribution in [3.8, 4) is 5.75 Å². The van der Waals surface area contributed by atoms with E-state index in [-0.39, 0.29) is 0 Å². The van der Waals surface area contributed by atoms with Crippen LogP contribution in [0.3, 0.4) is 0 Å². The van der Waals surface area contributed by atoms with Gasteiger partial charge in [-0.25, -0.2) is 0 Å². The van der Waals surface area contributed by atoms with E-state index >= 15 is 0 Å². The number of fused-ring (bicyclic) bond motifs is 1. The number of anilines is 1. The molecule has 1 unspecified atom stereocenters. The molecule has 3 rings (SSSR count). The molecule has 19 heavy (non-hydrogen) atoms. The van der Waals surface area contributed by atoms with Crippen molar-refractivity contribution in [3.63, 3.8) is 0 Å². The topological polar surface area (TPSA) is 21.3 Å². The van der Waals surface area contributed by atoms with Crippen LogP contribution in [0.15, 0.2) is 48.5 Å². The average Bonchev–Trinajstić information content (AvgIpc) is 2.48. The Morgan fingerprint density at radius 2 is 1.84 bits per heavy atom. The molecular weight excluding hydrogens is 234 g/mol. The SMILES string of the molecule is COc1ccc(NC2CCCc3ccccc32)cc1. The first-order valence-electron chi connectivity index (χ1n) is 6.85. The highest BCUT2D eigenvalue weighted by Gasteiger charge is 2.19. The molecule has 2 aromatic rings. The normalized spacial score (nSPS) is 17.6. The van der Waals surface area contributed by atoms with Crippen molar-refractivity contribution >= 4 is 5.69 Å². The van der Waals surface area contributed by atoms with Crippen LogP contribution in [0.4, 0.5) is 5.69 Å². The summed E-state index contributed by atoms with van der Waals surface area (Å²) in [6.07, 6.45) is 3.66. The first-order valence-corrected chi connectivity index (χ1v) is 6.85. The molecule has 2 aromatic carbocycles. The summed E-state index contributed by atoms with van der Waals surface area (Å²) in [7, 11) is 1.69. The van der Waals surface area contributed by atoms with Crippen molar-refractivity contribution in [2.24, 2.45) is 0 Å². The van der Waals surface area contributed by atoms with Gasteiger partial charge in [0.15, 0.2) is 0 Å². The van der Waals surface area contributed by atoms with Gasteiger partial charge < -0.3 is 10.1 Å². The van der Waals surface area contributed by atoms with Crippen molar-refractivity contribution < 1.29 is 4.74 Å². The van der Waals surface area contributed by atoms with E-state index in [1.165, 1.54) is 30.4 Å². The van der Waals surface area contributed by atoms with E-state index in [0.717, 1.165) is 11.4 Å². The Bertz CT molecular complexity index is 547. The van der Waals surface area contributed by atoms with Crippen LogP contribution in [0.1, 0.15) is 30.0 Å². The molecule has 2 heteroatoms. The molecule has 0 aromatic heterocycles. The first kappa shape index (κ1) is 12.1. The van der Waals surface area contributed by atoms with Gasteiger partial charge in [0.25, 0.3) is 0 Å². The highest BCUT2D eigenvalue weighted by atomic mass is 16.5. The van der Waals surface area contributed by atoms with Gasteiger partial charge in [-0.05, 0) is 54.7 Å². The molecule has 1 aliphatic carbocycles. The summed E-state index contributed by atoms with van der Waals surface area (Å²) in [4.78, 5) is 0. The summed E-state index contributed by atoms with van der Waals surface area (Å²) < 4.78 is 5.19. The van der Waals surface area contributed by atoms with Crippen LogP contribution < -0.4 is 10.1 Å². The number of benzene rings is 2. The number of ether oxygens (including phenoxy) is 1. The van der Waals surface area contributed by atoms with Gasteiger partial charge in [-0.1, -0.05) is 24.3 Å². The van der Waals surface area contributed by atoms with Crippen LogP contribution in [0.25, 0.3) is 0 Å². The number of hydrogen-bond donors (Lipinski definition) is 1. The van der Waals surface area contributed by atoms with Gasteiger partial charge in [0, 0.05) is 5.69 Å². The second-order valence-electron chi connectivity index (χ2n) is 5.02. The zero-order chi connectivity index (χ0) is 13.1. The van der Waals surface area contributed by atoms with Gasteiger partial charge in [-0.3, -0.25) is 0 Å². The van der Waals surface area contributed by atoms with E-state index in [0.29, 0.717) is 6.04 Å². The van der Waals surface area contributed by atoms with Crippen molar-refractivity contribution in [1.82, 2.24) is 0 Å². The molecule has 0 radical (unpaired) electrons. The van der Waals surface area contributed by atoms with Gasteiger partial charge in [0.05, 0.1) is 13.2 Å². The standard InChI is InChI=1S/C17H19NO/c1-19-15-11-9-14(10-12-15)18-17-8-4-6-13-5-2-3-7-16(13)17/h2-3,5,7,9-12,17-18H,4,6,8H2,1H3. The molecule has 2 nitrogen and oxygen atoms in total. The van der Waals surface area contributed by atoms with Crippen LogP contribution in [-0.2, 0) is 6.42 Å². The Hall–Kier alpha value is -1.96. The summed E-state index contributed by atoms with van der Waals surface area (Å²) in [5.41, 5.74) is 4.09. The highest BCUT2D eigenvalue weighted by molar-refractivity contribution is 5.49. The summed E-state index contributed by atoms with van der Waals surface area (Å²) in [5.74, 6) is 0.898. The molecule has 0 bridgehead atoms. The summed E-state index contributed by atoms with van der Waals surface area (Å²) >= 11 is 0. The molecule has 0 saturated carbocycles. The molecule has 1 N–H and O–H groups in total. The lowest BCUT2D eigenvalue weighted by atomic mass is 9.87. The van der Waals surface area contributed by atoms with Gasteiger partial charge in [0.2, 0.25) is 0 Å². The second-order valence-corrected chi connectivity index (χ2v) is 5.02. The minimum Gasteiger partial charge on any atom is -0.497 e. The van der Waals surface area contributed by atoms with E-state index in [9.17, 15) is 0 Å². The molecule has 98 valence electrons. The lowest BCUT2D eigenvalue weighted by Crippen LogP contribution is -2.17. The van der Waals surface area contributed by atoms with E-state index in [2.05, 4.69) is 41.7 Å². The van der Waals surface area contributed by atoms with Gasteiger partial charge >= 0.3 is 0 Å². The Morgan fingerprint density at radius 1 is 1.05 bits per heavy atom. The monoisotopic (exact) mass is 253 g/mol. The third-order valence-corrected chi connectivity index (χ3v) is 3.80. The highest BCUT2D eigenvalue weighted by Crippen LogP contribution is 2.32. The Kier molecular flexibility index (Phi) is 3.41. The van der Waals surface area contributed by atoms with Crippen LogP contribution in [-0.4, -0.2) is 7.11 Å². The van der Waals surface area contributed by atoms with E-state index in [4.69, 9.17) is 4.74 Å². The molecule has 0 amide bonds. The predicted molar refractivity (Wildman–Crippen MR) is 78.7 cm³/mol. The van der Waals surface area contributed by atoms with Gasteiger partial charge in [-0.2, -0.15) is 0 Å². The zero-order valence-corrected chi connectivity index (χ0v) is 11.2. The summed E-state index contributed by atoms with van der Waals surface area (Å²) in [6.45, 7) is 0. The maximum Gasteiger partial charge on any atom is 0.119 e. The third kappa shape index (κ3) is 2.58. The van der Waals surface area contributed by atoms with Crippen LogP contribution in [0.2, 0.25) is 0 Å². The molecule has 1 atom stereocenters. The molecule has 0 fully saturated rings.